The molecule has 0 aromatic heterocycles. The van der Waals surface area contributed by atoms with Gasteiger partial charge in [-0.05, 0) is 55.8 Å². The molecule has 1 atom stereocenters. The van der Waals surface area contributed by atoms with E-state index >= 15 is 0 Å². The lowest BCUT2D eigenvalue weighted by molar-refractivity contribution is -0.141. The highest BCUT2D eigenvalue weighted by Gasteiger charge is 2.29. The molecular formula is C23H28F3N3O4. The van der Waals surface area contributed by atoms with E-state index in [-0.39, 0.29) is 12.0 Å². The average Bonchev–Trinajstić information content (AvgIpc) is 2.72. The maximum absolute atomic E-state index is 12.6. The molecule has 1 unspecified atom stereocenters. The van der Waals surface area contributed by atoms with Gasteiger partial charge in [0.05, 0.1) is 11.1 Å². The molecule has 0 radical (unpaired) electrons. The Morgan fingerprint density at radius 1 is 1.24 bits per heavy atom. The quantitative estimate of drug-likeness (QED) is 0.103. The van der Waals surface area contributed by atoms with E-state index in [2.05, 4.69) is 17.2 Å². The fourth-order valence-corrected chi connectivity index (χ4v) is 2.71. The number of nitrogens with one attached hydrogen (secondary N) is 2. The van der Waals surface area contributed by atoms with E-state index in [1.165, 1.54) is 30.5 Å². The number of alkyl halides is 3. The van der Waals surface area contributed by atoms with Gasteiger partial charge in [0, 0.05) is 25.8 Å². The topological polar surface area (TPSA) is 98.7 Å². The Balaban J connectivity index is 2.67. The molecule has 3 N–H and O–H groups in total. The monoisotopic (exact) mass is 467 g/mol. The molecule has 0 aliphatic rings. The van der Waals surface area contributed by atoms with Gasteiger partial charge in [-0.15, -0.1) is 0 Å². The molecule has 0 aliphatic heterocycles. The van der Waals surface area contributed by atoms with Crippen LogP contribution in [0.15, 0.2) is 60.5 Å². The van der Waals surface area contributed by atoms with Gasteiger partial charge in [-0.2, -0.15) is 13.2 Å². The summed E-state index contributed by atoms with van der Waals surface area (Å²) in [6.07, 6.45) is 0.733. The van der Waals surface area contributed by atoms with Crippen LogP contribution in [0, 0.1) is 0 Å². The first-order valence-electron chi connectivity index (χ1n) is 10.1. The molecule has 1 rings (SSSR count). The number of aliphatic carboxylic acids is 1. The van der Waals surface area contributed by atoms with Crippen molar-refractivity contribution in [3.05, 3.63) is 71.6 Å². The molecule has 0 heterocycles. The number of hydrogen-bond acceptors (Lipinski definition) is 5. The number of amides is 1. The van der Waals surface area contributed by atoms with Gasteiger partial charge in [-0.25, -0.2) is 4.79 Å². The van der Waals surface area contributed by atoms with E-state index in [9.17, 15) is 32.7 Å². The number of carbonyl (C=O) groups excluding carboxylic acids is 2. The lowest BCUT2D eigenvalue weighted by Gasteiger charge is -2.15. The van der Waals surface area contributed by atoms with Crippen molar-refractivity contribution in [2.45, 2.75) is 38.5 Å². The summed E-state index contributed by atoms with van der Waals surface area (Å²) in [6.45, 7) is 6.24. The van der Waals surface area contributed by atoms with Crippen LogP contribution in [0.2, 0.25) is 0 Å². The molecule has 7 nitrogen and oxygen atoms in total. The molecule has 1 amide bonds. The van der Waals surface area contributed by atoms with Crippen molar-refractivity contribution in [3.8, 4) is 0 Å². The van der Waals surface area contributed by atoms with Gasteiger partial charge in [-0.1, -0.05) is 18.7 Å². The molecule has 0 saturated carbocycles. The molecule has 1 aromatic carbocycles. The first-order valence-corrected chi connectivity index (χ1v) is 10.1. The summed E-state index contributed by atoms with van der Waals surface area (Å²) < 4.78 is 37.9. The van der Waals surface area contributed by atoms with Crippen LogP contribution in [0.3, 0.4) is 0 Å². The molecule has 180 valence electrons. The summed E-state index contributed by atoms with van der Waals surface area (Å²) in [4.78, 5) is 36.6. The van der Waals surface area contributed by atoms with Gasteiger partial charge in [0.1, 0.15) is 6.04 Å². The van der Waals surface area contributed by atoms with Gasteiger partial charge in [0.25, 0.3) is 5.91 Å². The lowest BCUT2D eigenvalue weighted by Crippen LogP contribution is -2.42. The molecular weight excluding hydrogens is 439 g/mol. The first-order chi connectivity index (χ1) is 15.4. The Morgan fingerprint density at radius 2 is 1.88 bits per heavy atom. The number of rotatable bonds is 13. The van der Waals surface area contributed by atoms with Crippen LogP contribution < -0.4 is 10.6 Å². The second-order valence-electron chi connectivity index (χ2n) is 7.40. The third kappa shape index (κ3) is 10.5. The second-order valence-corrected chi connectivity index (χ2v) is 7.40. The highest BCUT2D eigenvalue weighted by Crippen LogP contribution is 2.29. The maximum Gasteiger partial charge on any atom is 0.416 e. The summed E-state index contributed by atoms with van der Waals surface area (Å²) in [5.41, 5.74) is 0.381. The molecule has 0 fully saturated rings. The highest BCUT2D eigenvalue weighted by molar-refractivity contribution is 6.11. The molecule has 33 heavy (non-hydrogen) atoms. The average molecular weight is 467 g/mol. The summed E-state index contributed by atoms with van der Waals surface area (Å²) in [5, 5.41) is 14.6. The maximum atomic E-state index is 12.6. The summed E-state index contributed by atoms with van der Waals surface area (Å²) in [7, 11) is 1.67. The number of hydrogen-bond donors (Lipinski definition) is 3. The molecule has 10 heteroatoms. The summed E-state index contributed by atoms with van der Waals surface area (Å²) in [6, 6.07) is 3.57. The van der Waals surface area contributed by atoms with Crippen molar-refractivity contribution >= 4 is 18.2 Å². The molecule has 0 bridgehead atoms. The van der Waals surface area contributed by atoms with E-state index < -0.39 is 29.7 Å². The fourth-order valence-electron chi connectivity index (χ4n) is 2.71. The smallest absolute Gasteiger partial charge is 0.416 e. The van der Waals surface area contributed by atoms with Crippen molar-refractivity contribution in [3.63, 3.8) is 0 Å². The second kappa shape index (κ2) is 13.1. The Kier molecular flexibility index (Phi) is 10.9. The Morgan fingerprint density at radius 3 is 2.39 bits per heavy atom. The van der Waals surface area contributed by atoms with Crippen molar-refractivity contribution in [2.24, 2.45) is 0 Å². The molecule has 0 saturated heterocycles. The van der Waals surface area contributed by atoms with E-state index in [4.69, 9.17) is 0 Å². The number of carboxylic acid groups (broad SMARTS) is 1. The zero-order valence-corrected chi connectivity index (χ0v) is 18.5. The molecule has 1 aromatic rings. The minimum Gasteiger partial charge on any atom is -0.480 e. The van der Waals surface area contributed by atoms with Crippen molar-refractivity contribution < 1.29 is 32.7 Å². The number of nitrogens with zero attached hydrogens (tertiary/aromatic N) is 1. The van der Waals surface area contributed by atoms with Gasteiger partial charge >= 0.3 is 12.1 Å². The van der Waals surface area contributed by atoms with Crippen LogP contribution in [-0.2, 0) is 27.1 Å². The zero-order chi connectivity index (χ0) is 25.0. The van der Waals surface area contributed by atoms with Crippen LogP contribution in [0.1, 0.15) is 30.9 Å². The van der Waals surface area contributed by atoms with Crippen LogP contribution in [0.5, 0.6) is 0 Å². The van der Waals surface area contributed by atoms with E-state index in [0.29, 0.717) is 31.4 Å². The van der Waals surface area contributed by atoms with Gasteiger partial charge in [0.15, 0.2) is 6.29 Å². The predicted molar refractivity (Wildman–Crippen MR) is 118 cm³/mol. The van der Waals surface area contributed by atoms with E-state index in [1.54, 1.807) is 18.9 Å². The Labute approximate surface area is 190 Å². The molecule has 0 aliphatic carbocycles. The summed E-state index contributed by atoms with van der Waals surface area (Å²) >= 11 is 0. The van der Waals surface area contributed by atoms with Crippen molar-refractivity contribution in [1.29, 1.82) is 0 Å². The van der Waals surface area contributed by atoms with Gasteiger partial charge < -0.3 is 20.6 Å². The minimum absolute atomic E-state index is 0.166. The lowest BCUT2D eigenvalue weighted by atomic mass is 10.1. The first kappa shape index (κ1) is 27.5. The third-order valence-electron chi connectivity index (χ3n) is 4.42. The van der Waals surface area contributed by atoms with Crippen LogP contribution in [-0.4, -0.2) is 47.8 Å². The van der Waals surface area contributed by atoms with Crippen molar-refractivity contribution in [2.75, 3.05) is 13.6 Å². The number of aldehydes is 1. The number of allylic oxidation sites excluding steroid dienone is 3. The largest absolute Gasteiger partial charge is 0.480 e. The zero-order valence-electron chi connectivity index (χ0n) is 18.5. The minimum atomic E-state index is -4.40. The number of halogens is 3. The SMILES string of the molecule is C=C(C)NCCCC(NC(=O)/C(C=O)=C/C=C\N(C)Cc1ccc(C(F)(F)F)cc1)C(=O)O. The number of carboxylic acids is 1. The van der Waals surface area contributed by atoms with Crippen LogP contribution in [0.25, 0.3) is 0 Å². The Hall–Kier alpha value is -3.56. The van der Waals surface area contributed by atoms with Gasteiger partial charge in [0.2, 0.25) is 0 Å². The van der Waals surface area contributed by atoms with Crippen molar-refractivity contribution in [1.82, 2.24) is 15.5 Å². The normalized spacial score (nSPS) is 12.8. The van der Waals surface area contributed by atoms with E-state index in [0.717, 1.165) is 17.8 Å². The summed E-state index contributed by atoms with van der Waals surface area (Å²) in [5.74, 6) is -2.03. The van der Waals surface area contributed by atoms with Gasteiger partial charge in [-0.3, -0.25) is 9.59 Å². The fraction of sp³-hybridized carbons (Fsp3) is 0.348. The highest BCUT2D eigenvalue weighted by atomic mass is 19.4. The Bertz CT molecular complexity index is 893. The van der Waals surface area contributed by atoms with Crippen LogP contribution >= 0.6 is 0 Å². The third-order valence-corrected chi connectivity index (χ3v) is 4.42. The van der Waals surface area contributed by atoms with E-state index in [1.807, 2.05) is 0 Å². The molecule has 0 spiro atoms. The predicted octanol–water partition coefficient (Wildman–Crippen LogP) is 3.25. The van der Waals surface area contributed by atoms with Crippen LogP contribution in [0.4, 0.5) is 13.2 Å². The number of carbonyl (C=O) groups is 3. The number of benzene rings is 1. The standard InChI is InChI=1S/C23H28F3N3O4/c1-16(2)27-12-4-7-20(22(32)33)28-21(31)18(15-30)6-5-13-29(3)14-17-8-10-19(11-9-17)23(24,25)26/h5-6,8-11,13,15,20,27H,1,4,7,12,14H2,2-3H3,(H,28,31)(H,32,33)/b13-5-,18-6+.